The minimum absolute atomic E-state index is 0.129. The Morgan fingerprint density at radius 2 is 1.41 bits per heavy atom. The van der Waals surface area contributed by atoms with Gasteiger partial charge in [0.15, 0.2) is 0 Å². The first-order valence-electron chi connectivity index (χ1n) is 9.63. The molecule has 0 saturated heterocycles. The molecule has 0 saturated carbocycles. The van der Waals surface area contributed by atoms with Gasteiger partial charge in [0.05, 0.1) is 11.3 Å². The van der Waals surface area contributed by atoms with Crippen LogP contribution in [-0.4, -0.2) is 17.7 Å². The Labute approximate surface area is 194 Å². The molecular weight excluding hydrogens is 449 g/mol. The van der Waals surface area contributed by atoms with E-state index in [1.165, 1.54) is 25.1 Å². The van der Waals surface area contributed by atoms with E-state index in [-0.39, 0.29) is 22.9 Å². The Morgan fingerprint density at radius 3 is 2.00 bits per heavy atom. The lowest BCUT2D eigenvalue weighted by atomic mass is 10.0. The predicted octanol–water partition coefficient (Wildman–Crippen LogP) is 5.35. The van der Waals surface area contributed by atoms with Crippen LogP contribution in [0.3, 0.4) is 0 Å². The molecule has 160 valence electrons. The third kappa shape index (κ3) is 4.37. The van der Waals surface area contributed by atoms with Gasteiger partial charge in [-0.1, -0.05) is 53.5 Å². The second kappa shape index (κ2) is 8.86. The van der Waals surface area contributed by atoms with E-state index in [0.29, 0.717) is 27.0 Å². The summed E-state index contributed by atoms with van der Waals surface area (Å²) in [5, 5.41) is 6.37. The molecule has 0 radical (unpaired) electrons. The quantitative estimate of drug-likeness (QED) is 0.497. The number of halogens is 2. The summed E-state index contributed by atoms with van der Waals surface area (Å²) < 4.78 is 0. The van der Waals surface area contributed by atoms with Gasteiger partial charge < -0.3 is 10.6 Å². The van der Waals surface area contributed by atoms with Crippen molar-refractivity contribution in [2.45, 2.75) is 6.92 Å². The molecule has 3 aromatic rings. The zero-order valence-electron chi connectivity index (χ0n) is 16.9. The van der Waals surface area contributed by atoms with Crippen molar-refractivity contribution in [3.63, 3.8) is 0 Å². The summed E-state index contributed by atoms with van der Waals surface area (Å²) in [6.45, 7) is 1.42. The molecule has 0 bridgehead atoms. The number of carbonyl (C=O) groups is 3. The summed E-state index contributed by atoms with van der Waals surface area (Å²) in [5.41, 5.74) is 2.43. The SMILES string of the molecule is CC(=O)Nc1ccc(NC2=C(c3ccccc3)C(=O)N(c3cc(Cl)cc(Cl)c3)C2=O)cc1. The molecule has 6 nitrogen and oxygen atoms in total. The molecule has 3 aromatic carbocycles. The summed E-state index contributed by atoms with van der Waals surface area (Å²) in [6.07, 6.45) is 0. The van der Waals surface area contributed by atoms with Crippen molar-refractivity contribution in [2.75, 3.05) is 15.5 Å². The predicted molar refractivity (Wildman–Crippen MR) is 127 cm³/mol. The topological polar surface area (TPSA) is 78.5 Å². The van der Waals surface area contributed by atoms with Gasteiger partial charge in [0.2, 0.25) is 5.91 Å². The highest BCUT2D eigenvalue weighted by molar-refractivity contribution is 6.46. The van der Waals surface area contributed by atoms with E-state index >= 15 is 0 Å². The summed E-state index contributed by atoms with van der Waals surface area (Å²) in [5.74, 6) is -1.21. The van der Waals surface area contributed by atoms with Gasteiger partial charge in [-0.05, 0) is 48.0 Å². The van der Waals surface area contributed by atoms with Crippen molar-refractivity contribution in [2.24, 2.45) is 0 Å². The zero-order valence-corrected chi connectivity index (χ0v) is 18.4. The molecule has 1 aliphatic rings. The van der Waals surface area contributed by atoms with Gasteiger partial charge in [0.1, 0.15) is 5.70 Å². The van der Waals surface area contributed by atoms with E-state index < -0.39 is 11.8 Å². The van der Waals surface area contributed by atoms with E-state index in [1.807, 2.05) is 6.07 Å². The van der Waals surface area contributed by atoms with Crippen molar-refractivity contribution in [3.8, 4) is 0 Å². The largest absolute Gasteiger partial charge is 0.350 e. The van der Waals surface area contributed by atoms with Gasteiger partial charge >= 0.3 is 0 Å². The number of hydrogen-bond acceptors (Lipinski definition) is 4. The fourth-order valence-electron chi connectivity index (χ4n) is 3.41. The Bertz CT molecular complexity index is 1230. The summed E-state index contributed by atoms with van der Waals surface area (Å²) in [7, 11) is 0. The van der Waals surface area contributed by atoms with Crippen molar-refractivity contribution in [3.05, 3.63) is 94.1 Å². The number of nitrogens with one attached hydrogen (secondary N) is 2. The highest BCUT2D eigenvalue weighted by atomic mass is 35.5. The average Bonchev–Trinajstić information content (AvgIpc) is 2.98. The summed E-state index contributed by atoms with van der Waals surface area (Å²) in [4.78, 5) is 39.1. The van der Waals surface area contributed by atoms with Crippen molar-refractivity contribution in [1.82, 2.24) is 0 Å². The maximum absolute atomic E-state index is 13.4. The van der Waals surface area contributed by atoms with Crippen molar-refractivity contribution < 1.29 is 14.4 Å². The normalized spacial score (nSPS) is 13.5. The third-order valence-electron chi connectivity index (χ3n) is 4.73. The molecule has 3 amide bonds. The van der Waals surface area contributed by atoms with Crippen LogP contribution in [0.2, 0.25) is 10.0 Å². The Morgan fingerprint density at radius 1 is 0.812 bits per heavy atom. The van der Waals surface area contributed by atoms with Crippen LogP contribution in [0, 0.1) is 0 Å². The molecule has 0 aliphatic carbocycles. The number of hydrogen-bond donors (Lipinski definition) is 2. The van der Waals surface area contributed by atoms with E-state index in [2.05, 4.69) is 10.6 Å². The van der Waals surface area contributed by atoms with Gasteiger partial charge in [-0.2, -0.15) is 0 Å². The van der Waals surface area contributed by atoms with Crippen LogP contribution >= 0.6 is 23.2 Å². The minimum atomic E-state index is -0.530. The third-order valence-corrected chi connectivity index (χ3v) is 5.16. The molecule has 0 atom stereocenters. The van der Waals surface area contributed by atoms with Gasteiger partial charge in [-0.3, -0.25) is 14.4 Å². The number of nitrogens with zero attached hydrogens (tertiary/aromatic N) is 1. The second-order valence-corrected chi connectivity index (χ2v) is 7.95. The second-order valence-electron chi connectivity index (χ2n) is 7.07. The lowest BCUT2D eigenvalue weighted by Gasteiger charge is -2.16. The number of imide groups is 1. The molecule has 2 N–H and O–H groups in total. The Hall–Kier alpha value is -3.61. The summed E-state index contributed by atoms with van der Waals surface area (Å²) in [6, 6.07) is 20.3. The van der Waals surface area contributed by atoms with E-state index in [9.17, 15) is 14.4 Å². The van der Waals surface area contributed by atoms with Crippen LogP contribution in [0.1, 0.15) is 12.5 Å². The van der Waals surface area contributed by atoms with Crippen LogP contribution in [0.5, 0.6) is 0 Å². The molecule has 0 unspecified atom stereocenters. The average molecular weight is 466 g/mol. The minimum Gasteiger partial charge on any atom is -0.350 e. The summed E-state index contributed by atoms with van der Waals surface area (Å²) >= 11 is 12.2. The molecule has 8 heteroatoms. The van der Waals surface area contributed by atoms with Crippen LogP contribution in [-0.2, 0) is 14.4 Å². The number of benzene rings is 3. The van der Waals surface area contributed by atoms with Gasteiger partial charge in [0.25, 0.3) is 11.8 Å². The smallest absolute Gasteiger partial charge is 0.282 e. The maximum atomic E-state index is 13.4. The lowest BCUT2D eigenvalue weighted by molar-refractivity contribution is -0.120. The van der Waals surface area contributed by atoms with Crippen molar-refractivity contribution in [1.29, 1.82) is 0 Å². The lowest BCUT2D eigenvalue weighted by Crippen LogP contribution is -2.32. The van der Waals surface area contributed by atoms with Crippen LogP contribution in [0.15, 0.2) is 78.5 Å². The fourth-order valence-corrected chi connectivity index (χ4v) is 3.92. The van der Waals surface area contributed by atoms with Crippen LogP contribution < -0.4 is 15.5 Å². The van der Waals surface area contributed by atoms with Gasteiger partial charge in [0, 0.05) is 28.3 Å². The number of anilines is 3. The van der Waals surface area contributed by atoms with E-state index in [1.54, 1.807) is 48.5 Å². The van der Waals surface area contributed by atoms with Gasteiger partial charge in [-0.15, -0.1) is 0 Å². The van der Waals surface area contributed by atoms with Gasteiger partial charge in [-0.25, -0.2) is 4.90 Å². The highest BCUT2D eigenvalue weighted by Crippen LogP contribution is 2.35. The fraction of sp³-hybridized carbons (Fsp3) is 0.0417. The molecule has 0 aromatic heterocycles. The standard InChI is InChI=1S/C24H17Cl2N3O3/c1-14(30)27-18-7-9-19(10-8-18)28-22-21(15-5-3-2-4-6-15)23(31)29(24(22)32)20-12-16(25)11-17(26)13-20/h2-13,28H,1H3,(H,27,30). The molecule has 32 heavy (non-hydrogen) atoms. The van der Waals surface area contributed by atoms with Crippen LogP contribution in [0.4, 0.5) is 17.1 Å². The molecule has 1 aliphatic heterocycles. The first kappa shape index (κ1) is 21.6. The first-order valence-corrected chi connectivity index (χ1v) is 10.4. The number of amides is 3. The van der Waals surface area contributed by atoms with Crippen molar-refractivity contribution >= 4 is 63.6 Å². The molecule has 4 rings (SSSR count). The monoisotopic (exact) mass is 465 g/mol. The Kier molecular flexibility index (Phi) is 5.99. The molecular formula is C24H17Cl2N3O3. The van der Waals surface area contributed by atoms with E-state index in [4.69, 9.17) is 23.2 Å². The first-order chi connectivity index (χ1) is 15.3. The molecule has 1 heterocycles. The number of carbonyl (C=O) groups excluding carboxylic acids is 3. The molecule has 0 fully saturated rings. The zero-order chi connectivity index (χ0) is 22.8. The van der Waals surface area contributed by atoms with E-state index in [0.717, 1.165) is 4.90 Å². The van der Waals surface area contributed by atoms with Crippen LogP contribution in [0.25, 0.3) is 5.57 Å². The molecule has 0 spiro atoms. The number of rotatable bonds is 5. The Balaban J connectivity index is 1.75. The highest BCUT2D eigenvalue weighted by Gasteiger charge is 2.40. The maximum Gasteiger partial charge on any atom is 0.282 e.